The Hall–Kier alpha value is -1.71. The van der Waals surface area contributed by atoms with Crippen molar-refractivity contribution < 1.29 is 14.3 Å². The number of carbonyl (C=O) groups is 1. The van der Waals surface area contributed by atoms with Gasteiger partial charge in [0.25, 0.3) is 5.91 Å². The van der Waals surface area contributed by atoms with E-state index in [9.17, 15) is 4.79 Å². The third-order valence-electron chi connectivity index (χ3n) is 2.36. The van der Waals surface area contributed by atoms with E-state index in [-0.39, 0.29) is 12.5 Å². The highest BCUT2D eigenvalue weighted by Gasteiger charge is 2.20. The van der Waals surface area contributed by atoms with Crippen LogP contribution >= 0.6 is 0 Å². The summed E-state index contributed by atoms with van der Waals surface area (Å²) in [6, 6.07) is 3.84. The van der Waals surface area contributed by atoms with Gasteiger partial charge in [-0.2, -0.15) is 0 Å². The Bertz CT molecular complexity index is 401. The number of rotatable bonds is 2. The Morgan fingerprint density at radius 2 is 2.33 bits per heavy atom. The van der Waals surface area contributed by atoms with Gasteiger partial charge < -0.3 is 14.8 Å². The maximum absolute atomic E-state index is 11.1. The maximum atomic E-state index is 11.1. The largest absolute Gasteiger partial charge is 0.493 e. The van der Waals surface area contributed by atoms with E-state index in [1.54, 1.807) is 7.11 Å². The van der Waals surface area contributed by atoms with Crippen molar-refractivity contribution >= 4 is 11.6 Å². The second-order valence-electron chi connectivity index (χ2n) is 3.37. The summed E-state index contributed by atoms with van der Waals surface area (Å²) in [4.78, 5) is 11.1. The summed E-state index contributed by atoms with van der Waals surface area (Å²) in [5.74, 6) is 1.16. The molecular formula is C11H13NO3. The fraction of sp³-hybridized carbons (Fsp3) is 0.364. The van der Waals surface area contributed by atoms with Crippen molar-refractivity contribution in [1.29, 1.82) is 0 Å². The first-order chi connectivity index (χ1) is 7.24. The van der Waals surface area contributed by atoms with Gasteiger partial charge in [-0.15, -0.1) is 0 Å². The molecule has 0 saturated heterocycles. The molecule has 4 heteroatoms. The lowest BCUT2D eigenvalue weighted by molar-refractivity contribution is -0.118. The molecule has 0 saturated carbocycles. The molecule has 0 aromatic heterocycles. The fourth-order valence-electron chi connectivity index (χ4n) is 1.58. The first-order valence-corrected chi connectivity index (χ1v) is 4.88. The summed E-state index contributed by atoms with van der Waals surface area (Å²) >= 11 is 0. The molecule has 1 aromatic carbocycles. The lowest BCUT2D eigenvalue weighted by atomic mass is 10.1. The van der Waals surface area contributed by atoms with Crippen LogP contribution in [0.4, 0.5) is 5.69 Å². The standard InChI is InChI=1S/C11H13NO3/c1-3-7-4-8-11(9(5-7)14-2)15-6-10(13)12-8/h4-5H,3,6H2,1-2H3,(H,12,13). The van der Waals surface area contributed by atoms with Gasteiger partial charge in [0, 0.05) is 0 Å². The number of hydrogen-bond donors (Lipinski definition) is 1. The molecule has 0 bridgehead atoms. The SMILES string of the molecule is CCc1cc2c(c(OC)c1)OCC(=O)N2. The third-order valence-corrected chi connectivity index (χ3v) is 2.36. The molecule has 0 unspecified atom stereocenters. The van der Waals surface area contributed by atoms with Crippen LogP contribution < -0.4 is 14.8 Å². The van der Waals surface area contributed by atoms with Crippen molar-refractivity contribution in [2.24, 2.45) is 0 Å². The zero-order valence-corrected chi connectivity index (χ0v) is 8.79. The minimum atomic E-state index is -0.127. The molecule has 1 aromatic rings. The average Bonchev–Trinajstić information content (AvgIpc) is 2.26. The molecule has 4 nitrogen and oxygen atoms in total. The van der Waals surface area contributed by atoms with Crippen molar-refractivity contribution in [2.45, 2.75) is 13.3 Å². The molecule has 1 amide bonds. The van der Waals surface area contributed by atoms with Crippen molar-refractivity contribution in [3.63, 3.8) is 0 Å². The zero-order chi connectivity index (χ0) is 10.8. The minimum Gasteiger partial charge on any atom is -0.493 e. The highest BCUT2D eigenvalue weighted by molar-refractivity contribution is 5.96. The van der Waals surface area contributed by atoms with E-state index < -0.39 is 0 Å². The molecule has 1 aliphatic rings. The van der Waals surface area contributed by atoms with Gasteiger partial charge in [0.15, 0.2) is 18.1 Å². The van der Waals surface area contributed by atoms with E-state index in [2.05, 4.69) is 5.32 Å². The van der Waals surface area contributed by atoms with E-state index in [1.807, 2.05) is 19.1 Å². The van der Waals surface area contributed by atoms with E-state index in [4.69, 9.17) is 9.47 Å². The van der Waals surface area contributed by atoms with Crippen molar-refractivity contribution in [1.82, 2.24) is 0 Å². The third kappa shape index (κ3) is 1.75. The van der Waals surface area contributed by atoms with Gasteiger partial charge in [-0.25, -0.2) is 0 Å². The molecule has 1 heterocycles. The Morgan fingerprint density at radius 3 is 3.00 bits per heavy atom. The van der Waals surface area contributed by atoms with Gasteiger partial charge >= 0.3 is 0 Å². The molecule has 2 rings (SSSR count). The molecule has 1 N–H and O–H groups in total. The number of benzene rings is 1. The monoisotopic (exact) mass is 207 g/mol. The predicted molar refractivity (Wildman–Crippen MR) is 56.5 cm³/mol. The van der Waals surface area contributed by atoms with Crippen LogP contribution in [0, 0.1) is 0 Å². The Morgan fingerprint density at radius 1 is 1.53 bits per heavy atom. The summed E-state index contributed by atoms with van der Waals surface area (Å²) in [5, 5.41) is 2.77. The lowest BCUT2D eigenvalue weighted by Crippen LogP contribution is -2.25. The second kappa shape index (κ2) is 3.81. The molecule has 0 aliphatic carbocycles. The molecule has 0 radical (unpaired) electrons. The number of carbonyl (C=O) groups excluding carboxylic acids is 1. The Labute approximate surface area is 88.2 Å². The summed E-state index contributed by atoms with van der Waals surface area (Å²) in [6.45, 7) is 2.10. The van der Waals surface area contributed by atoms with E-state index in [0.29, 0.717) is 17.2 Å². The van der Waals surface area contributed by atoms with Gasteiger partial charge in [0.1, 0.15) is 0 Å². The minimum absolute atomic E-state index is 0.0504. The molecule has 80 valence electrons. The lowest BCUT2D eigenvalue weighted by Gasteiger charge is -2.20. The Kier molecular flexibility index (Phi) is 2.49. The van der Waals surface area contributed by atoms with Gasteiger partial charge in [-0.05, 0) is 24.1 Å². The van der Waals surface area contributed by atoms with Gasteiger partial charge in [-0.3, -0.25) is 4.79 Å². The highest BCUT2D eigenvalue weighted by atomic mass is 16.5. The van der Waals surface area contributed by atoms with E-state index in [1.165, 1.54) is 0 Å². The van der Waals surface area contributed by atoms with Crippen LogP contribution in [-0.4, -0.2) is 19.6 Å². The van der Waals surface area contributed by atoms with Crippen molar-refractivity contribution in [3.8, 4) is 11.5 Å². The number of ether oxygens (including phenoxy) is 2. The van der Waals surface area contributed by atoms with Gasteiger partial charge in [-0.1, -0.05) is 6.92 Å². The smallest absolute Gasteiger partial charge is 0.262 e. The molecule has 0 atom stereocenters. The van der Waals surface area contributed by atoms with Crippen molar-refractivity contribution in [2.75, 3.05) is 19.0 Å². The summed E-state index contributed by atoms with van der Waals surface area (Å²) in [6.07, 6.45) is 0.888. The van der Waals surface area contributed by atoms with Crippen LogP contribution in [0.3, 0.4) is 0 Å². The molecule has 0 spiro atoms. The van der Waals surface area contributed by atoms with Crippen LogP contribution in [-0.2, 0) is 11.2 Å². The number of hydrogen-bond acceptors (Lipinski definition) is 3. The maximum Gasteiger partial charge on any atom is 0.262 e. The number of fused-ring (bicyclic) bond motifs is 1. The molecule has 1 aliphatic heterocycles. The Balaban J connectivity index is 2.49. The van der Waals surface area contributed by atoms with Crippen LogP contribution in [0.2, 0.25) is 0 Å². The number of amides is 1. The highest BCUT2D eigenvalue weighted by Crippen LogP contribution is 2.38. The van der Waals surface area contributed by atoms with E-state index in [0.717, 1.165) is 12.0 Å². The number of nitrogens with one attached hydrogen (secondary N) is 1. The molecular weight excluding hydrogens is 194 g/mol. The molecule has 15 heavy (non-hydrogen) atoms. The fourth-order valence-corrected chi connectivity index (χ4v) is 1.58. The second-order valence-corrected chi connectivity index (χ2v) is 3.37. The summed E-state index contributed by atoms with van der Waals surface area (Å²) in [7, 11) is 1.59. The topological polar surface area (TPSA) is 47.6 Å². The number of methoxy groups -OCH3 is 1. The van der Waals surface area contributed by atoms with Crippen LogP contribution in [0.25, 0.3) is 0 Å². The zero-order valence-electron chi connectivity index (χ0n) is 8.79. The number of anilines is 1. The summed E-state index contributed by atoms with van der Waals surface area (Å²) < 4.78 is 10.5. The quantitative estimate of drug-likeness (QED) is 0.801. The first-order valence-electron chi connectivity index (χ1n) is 4.88. The average molecular weight is 207 g/mol. The number of aryl methyl sites for hydroxylation is 1. The first kappa shape index (κ1) is 9.83. The normalized spacial score (nSPS) is 13.9. The predicted octanol–water partition coefficient (Wildman–Crippen LogP) is 1.59. The van der Waals surface area contributed by atoms with Gasteiger partial charge in [0.2, 0.25) is 0 Å². The van der Waals surface area contributed by atoms with Crippen LogP contribution in [0.1, 0.15) is 12.5 Å². The van der Waals surface area contributed by atoms with E-state index >= 15 is 0 Å². The van der Waals surface area contributed by atoms with Gasteiger partial charge in [0.05, 0.1) is 12.8 Å². The molecule has 0 fully saturated rings. The van der Waals surface area contributed by atoms with Crippen LogP contribution in [0.5, 0.6) is 11.5 Å². The summed E-state index contributed by atoms with van der Waals surface area (Å²) in [5.41, 5.74) is 1.80. The van der Waals surface area contributed by atoms with Crippen molar-refractivity contribution in [3.05, 3.63) is 17.7 Å². The van der Waals surface area contributed by atoms with Crippen LogP contribution in [0.15, 0.2) is 12.1 Å².